The second kappa shape index (κ2) is 4.23. The highest BCUT2D eigenvalue weighted by atomic mass is 16.3. The number of aliphatic hydroxyl groups is 1. The van der Waals surface area contributed by atoms with Crippen LogP contribution in [-0.4, -0.2) is 17.7 Å². The van der Waals surface area contributed by atoms with E-state index in [1.165, 1.54) is 18.5 Å². The summed E-state index contributed by atoms with van der Waals surface area (Å²) in [5, 5.41) is 9.72. The maximum absolute atomic E-state index is 9.72. The summed E-state index contributed by atoms with van der Waals surface area (Å²) in [7, 11) is 0. The van der Waals surface area contributed by atoms with Crippen molar-refractivity contribution < 1.29 is 5.11 Å². The molecule has 1 aliphatic rings. The second-order valence-electron chi connectivity index (χ2n) is 4.42. The Hall–Kier alpha value is -1.02. The smallest absolute Gasteiger partial charge is 0.0781 e. The number of anilines is 1. The summed E-state index contributed by atoms with van der Waals surface area (Å²) in [5.41, 5.74) is 2.25. The second-order valence-corrected chi connectivity index (χ2v) is 4.42. The summed E-state index contributed by atoms with van der Waals surface area (Å²) >= 11 is 0. The molecule has 0 aliphatic carbocycles. The molecule has 15 heavy (non-hydrogen) atoms. The van der Waals surface area contributed by atoms with Gasteiger partial charge in [-0.25, -0.2) is 0 Å². The summed E-state index contributed by atoms with van der Waals surface area (Å²) < 4.78 is 0. The van der Waals surface area contributed by atoms with Crippen LogP contribution < -0.4 is 4.90 Å². The molecule has 1 aromatic carbocycles. The van der Waals surface area contributed by atoms with Crippen molar-refractivity contribution in [3.8, 4) is 0 Å². The molecule has 1 aromatic rings. The van der Waals surface area contributed by atoms with Gasteiger partial charge in [0.2, 0.25) is 0 Å². The quantitative estimate of drug-likeness (QED) is 0.802. The van der Waals surface area contributed by atoms with E-state index in [1.807, 2.05) is 25.1 Å². The molecule has 2 nitrogen and oxygen atoms in total. The molecule has 82 valence electrons. The van der Waals surface area contributed by atoms with E-state index in [4.69, 9.17) is 0 Å². The fourth-order valence-electron chi connectivity index (χ4n) is 2.39. The van der Waals surface area contributed by atoms with E-state index in [1.54, 1.807) is 0 Å². The Morgan fingerprint density at radius 1 is 1.40 bits per heavy atom. The van der Waals surface area contributed by atoms with Crippen molar-refractivity contribution >= 4 is 5.69 Å². The third kappa shape index (κ3) is 2.00. The minimum Gasteiger partial charge on any atom is -0.389 e. The molecular weight excluding hydrogens is 186 g/mol. The van der Waals surface area contributed by atoms with Gasteiger partial charge in [0.1, 0.15) is 0 Å². The van der Waals surface area contributed by atoms with Crippen molar-refractivity contribution in [2.45, 2.75) is 38.8 Å². The molecule has 0 bridgehead atoms. The number of nitrogens with zero attached hydrogens (tertiary/aromatic N) is 1. The molecule has 1 heterocycles. The highest BCUT2D eigenvalue weighted by Crippen LogP contribution is 2.31. The minimum absolute atomic E-state index is 0.381. The van der Waals surface area contributed by atoms with Crippen LogP contribution in [0.5, 0.6) is 0 Å². The largest absolute Gasteiger partial charge is 0.389 e. The first-order chi connectivity index (χ1) is 7.20. The number of para-hydroxylation sites is 1. The maximum atomic E-state index is 9.72. The summed E-state index contributed by atoms with van der Waals surface area (Å²) in [6.07, 6.45) is 2.14. The van der Waals surface area contributed by atoms with E-state index < -0.39 is 0 Å². The molecule has 2 unspecified atom stereocenters. The standard InChI is InChI=1S/C13H19NO/c1-10-6-5-9-14(10)13-8-4-3-7-12(13)11(2)15/h3-4,7-8,10-11,15H,5-6,9H2,1-2H3. The van der Waals surface area contributed by atoms with Crippen LogP contribution in [0.3, 0.4) is 0 Å². The van der Waals surface area contributed by atoms with Crippen molar-refractivity contribution in [1.82, 2.24) is 0 Å². The van der Waals surface area contributed by atoms with Gasteiger partial charge >= 0.3 is 0 Å². The lowest BCUT2D eigenvalue weighted by molar-refractivity contribution is 0.199. The van der Waals surface area contributed by atoms with E-state index >= 15 is 0 Å². The van der Waals surface area contributed by atoms with Gasteiger partial charge < -0.3 is 10.0 Å². The Morgan fingerprint density at radius 3 is 2.73 bits per heavy atom. The lowest BCUT2D eigenvalue weighted by atomic mass is 10.1. The number of aliphatic hydroxyl groups excluding tert-OH is 1. The number of benzene rings is 1. The lowest BCUT2D eigenvalue weighted by Gasteiger charge is -2.27. The fraction of sp³-hybridized carbons (Fsp3) is 0.538. The predicted octanol–water partition coefficient (Wildman–Crippen LogP) is 2.73. The van der Waals surface area contributed by atoms with Crippen LogP contribution in [-0.2, 0) is 0 Å². The molecule has 0 radical (unpaired) electrons. The highest BCUT2D eigenvalue weighted by molar-refractivity contribution is 5.55. The van der Waals surface area contributed by atoms with Gasteiger partial charge in [-0.3, -0.25) is 0 Å². The molecule has 2 rings (SSSR count). The first kappa shape index (κ1) is 10.5. The number of hydrogen-bond acceptors (Lipinski definition) is 2. The van der Waals surface area contributed by atoms with E-state index in [9.17, 15) is 5.11 Å². The Bertz CT molecular complexity index is 335. The van der Waals surface area contributed by atoms with E-state index in [-0.39, 0.29) is 6.10 Å². The third-order valence-corrected chi connectivity index (χ3v) is 3.25. The van der Waals surface area contributed by atoms with Gasteiger partial charge in [-0.05, 0) is 32.8 Å². The van der Waals surface area contributed by atoms with E-state index in [0.29, 0.717) is 6.04 Å². The van der Waals surface area contributed by atoms with Gasteiger partial charge in [0.05, 0.1) is 6.10 Å². The average Bonchev–Trinajstić information content (AvgIpc) is 2.64. The maximum Gasteiger partial charge on any atom is 0.0781 e. The van der Waals surface area contributed by atoms with Crippen molar-refractivity contribution in [3.63, 3.8) is 0 Å². The number of hydrogen-bond donors (Lipinski definition) is 1. The van der Waals surface area contributed by atoms with Crippen LogP contribution in [0.1, 0.15) is 38.4 Å². The first-order valence-electron chi connectivity index (χ1n) is 5.74. The fourth-order valence-corrected chi connectivity index (χ4v) is 2.39. The third-order valence-electron chi connectivity index (χ3n) is 3.25. The molecule has 1 saturated heterocycles. The molecule has 0 aromatic heterocycles. The van der Waals surface area contributed by atoms with Crippen LogP contribution in [0.25, 0.3) is 0 Å². The van der Waals surface area contributed by atoms with Gasteiger partial charge in [0.15, 0.2) is 0 Å². The van der Waals surface area contributed by atoms with Gasteiger partial charge in [-0.2, -0.15) is 0 Å². The van der Waals surface area contributed by atoms with Crippen molar-refractivity contribution in [2.24, 2.45) is 0 Å². The van der Waals surface area contributed by atoms with E-state index in [0.717, 1.165) is 12.1 Å². The van der Waals surface area contributed by atoms with Crippen LogP contribution in [0, 0.1) is 0 Å². The molecule has 0 amide bonds. The number of rotatable bonds is 2. The monoisotopic (exact) mass is 205 g/mol. The van der Waals surface area contributed by atoms with Gasteiger partial charge in [0.25, 0.3) is 0 Å². The predicted molar refractivity (Wildman–Crippen MR) is 63.1 cm³/mol. The normalized spacial score (nSPS) is 23.1. The van der Waals surface area contributed by atoms with Gasteiger partial charge in [-0.15, -0.1) is 0 Å². The average molecular weight is 205 g/mol. The van der Waals surface area contributed by atoms with E-state index in [2.05, 4.69) is 17.9 Å². The zero-order valence-corrected chi connectivity index (χ0v) is 9.48. The molecular formula is C13H19NO. The Labute approximate surface area is 91.5 Å². The van der Waals surface area contributed by atoms with Crippen LogP contribution in [0.2, 0.25) is 0 Å². The summed E-state index contributed by atoms with van der Waals surface area (Å²) in [6, 6.07) is 8.78. The Balaban J connectivity index is 2.34. The van der Waals surface area contributed by atoms with Crippen molar-refractivity contribution in [1.29, 1.82) is 0 Å². The first-order valence-corrected chi connectivity index (χ1v) is 5.74. The molecule has 1 N–H and O–H groups in total. The molecule has 1 aliphatic heterocycles. The topological polar surface area (TPSA) is 23.5 Å². The zero-order chi connectivity index (χ0) is 10.8. The molecule has 0 spiro atoms. The van der Waals surface area contributed by atoms with Crippen LogP contribution in [0.4, 0.5) is 5.69 Å². The summed E-state index contributed by atoms with van der Waals surface area (Å²) in [6.45, 7) is 5.20. The Kier molecular flexibility index (Phi) is 2.96. The van der Waals surface area contributed by atoms with Crippen LogP contribution >= 0.6 is 0 Å². The minimum atomic E-state index is -0.381. The molecule has 2 heteroatoms. The molecule has 0 saturated carbocycles. The van der Waals surface area contributed by atoms with Gasteiger partial charge in [-0.1, -0.05) is 18.2 Å². The lowest BCUT2D eigenvalue weighted by Crippen LogP contribution is -2.27. The molecule has 1 fully saturated rings. The summed E-state index contributed by atoms with van der Waals surface area (Å²) in [5.74, 6) is 0. The zero-order valence-electron chi connectivity index (χ0n) is 9.48. The van der Waals surface area contributed by atoms with Crippen molar-refractivity contribution in [3.05, 3.63) is 29.8 Å². The SMILES string of the molecule is CC(O)c1ccccc1N1CCCC1C. The highest BCUT2D eigenvalue weighted by Gasteiger charge is 2.23. The summed E-state index contributed by atoms with van der Waals surface area (Å²) in [4.78, 5) is 2.40. The van der Waals surface area contributed by atoms with Crippen molar-refractivity contribution in [2.75, 3.05) is 11.4 Å². The molecule has 2 atom stereocenters. The van der Waals surface area contributed by atoms with Crippen LogP contribution in [0.15, 0.2) is 24.3 Å². The van der Waals surface area contributed by atoms with Gasteiger partial charge in [0, 0.05) is 23.8 Å². The Morgan fingerprint density at radius 2 is 2.13 bits per heavy atom.